The molecule has 1 rings (SSSR count). The predicted molar refractivity (Wildman–Crippen MR) is 42.1 cm³/mol. The van der Waals surface area contributed by atoms with Crippen LogP contribution >= 0.6 is 0 Å². The van der Waals surface area contributed by atoms with Crippen molar-refractivity contribution in [3.8, 4) is 0 Å². The summed E-state index contributed by atoms with van der Waals surface area (Å²) in [7, 11) is 2.15. The van der Waals surface area contributed by atoms with Crippen molar-refractivity contribution in [1.82, 2.24) is 4.90 Å². The van der Waals surface area contributed by atoms with Gasteiger partial charge in [0, 0.05) is 13.1 Å². The topological polar surface area (TPSA) is 12.5 Å². The molecule has 0 spiro atoms. The molecule has 2 atom stereocenters. The molecule has 0 aromatic rings. The van der Waals surface area contributed by atoms with E-state index in [-0.39, 0.29) is 0 Å². The highest BCUT2D eigenvalue weighted by Crippen LogP contribution is 2.08. The van der Waals surface area contributed by atoms with Crippen LogP contribution in [0.4, 0.5) is 0 Å². The molecule has 0 aliphatic carbocycles. The first-order valence-corrected chi connectivity index (χ1v) is 4.02. The first kappa shape index (κ1) is 8.02. The van der Waals surface area contributed by atoms with Gasteiger partial charge in [-0.05, 0) is 27.3 Å². The van der Waals surface area contributed by atoms with Crippen LogP contribution < -0.4 is 0 Å². The van der Waals surface area contributed by atoms with E-state index in [9.17, 15) is 0 Å². The van der Waals surface area contributed by atoms with Gasteiger partial charge in [0.2, 0.25) is 0 Å². The average molecular weight is 143 g/mol. The van der Waals surface area contributed by atoms with E-state index < -0.39 is 0 Å². The van der Waals surface area contributed by atoms with Crippen molar-refractivity contribution in [3.63, 3.8) is 0 Å². The summed E-state index contributed by atoms with van der Waals surface area (Å²) in [5.74, 6) is 0. The maximum Gasteiger partial charge on any atom is 0.0677 e. The average Bonchev–Trinajstić information content (AvgIpc) is 1.93. The fourth-order valence-electron chi connectivity index (χ4n) is 1.44. The van der Waals surface area contributed by atoms with E-state index in [1.807, 2.05) is 0 Å². The first-order valence-electron chi connectivity index (χ1n) is 4.02. The maximum absolute atomic E-state index is 5.64. The minimum Gasteiger partial charge on any atom is -0.374 e. The van der Waals surface area contributed by atoms with Crippen LogP contribution in [0.15, 0.2) is 0 Å². The third-order valence-corrected chi connectivity index (χ3v) is 1.95. The predicted octanol–water partition coefficient (Wildman–Crippen LogP) is 1.12. The second kappa shape index (κ2) is 3.35. The Morgan fingerprint density at radius 2 is 2.00 bits per heavy atom. The van der Waals surface area contributed by atoms with Crippen molar-refractivity contribution < 1.29 is 4.74 Å². The molecule has 1 saturated heterocycles. The highest BCUT2D eigenvalue weighted by Gasteiger charge is 2.15. The summed E-state index contributed by atoms with van der Waals surface area (Å²) in [4.78, 5) is 2.33. The Bertz CT molecular complexity index is 93.4. The Morgan fingerprint density at radius 1 is 1.30 bits per heavy atom. The molecule has 0 aromatic carbocycles. The van der Waals surface area contributed by atoms with Crippen LogP contribution in [0, 0.1) is 0 Å². The van der Waals surface area contributed by atoms with Gasteiger partial charge < -0.3 is 9.64 Å². The zero-order valence-corrected chi connectivity index (χ0v) is 7.13. The lowest BCUT2D eigenvalue weighted by atomic mass is 10.3. The fraction of sp³-hybridized carbons (Fsp3) is 1.00. The molecular formula is C8H17NO. The number of rotatable bonds is 0. The number of hydrogen-bond acceptors (Lipinski definition) is 2. The van der Waals surface area contributed by atoms with Crippen molar-refractivity contribution in [2.75, 3.05) is 20.1 Å². The van der Waals surface area contributed by atoms with Gasteiger partial charge in [-0.15, -0.1) is 0 Å². The summed E-state index contributed by atoms with van der Waals surface area (Å²) in [6.07, 6.45) is 2.02. The van der Waals surface area contributed by atoms with E-state index in [0.717, 1.165) is 6.54 Å². The summed E-state index contributed by atoms with van der Waals surface area (Å²) in [6.45, 7) is 6.53. The molecule has 2 nitrogen and oxygen atoms in total. The second-order valence-corrected chi connectivity index (χ2v) is 3.31. The van der Waals surface area contributed by atoms with Gasteiger partial charge in [-0.2, -0.15) is 0 Å². The molecule has 0 radical (unpaired) electrons. The zero-order chi connectivity index (χ0) is 7.56. The van der Waals surface area contributed by atoms with Crippen molar-refractivity contribution in [2.24, 2.45) is 0 Å². The van der Waals surface area contributed by atoms with Gasteiger partial charge in [-0.1, -0.05) is 0 Å². The van der Waals surface area contributed by atoms with E-state index >= 15 is 0 Å². The van der Waals surface area contributed by atoms with Crippen LogP contribution in [0.1, 0.15) is 20.3 Å². The first-order chi connectivity index (χ1) is 4.68. The lowest BCUT2D eigenvalue weighted by Gasteiger charge is -2.15. The normalized spacial score (nSPS) is 37.5. The molecule has 1 heterocycles. The number of likely N-dealkylation sites (N-methyl/N-ethyl adjacent to an activating group) is 1. The Balaban J connectivity index is 2.38. The fourth-order valence-corrected chi connectivity index (χ4v) is 1.44. The van der Waals surface area contributed by atoms with E-state index in [0.29, 0.717) is 12.2 Å². The molecule has 0 aromatic heterocycles. The number of ether oxygens (including phenoxy) is 1. The van der Waals surface area contributed by atoms with Gasteiger partial charge in [0.05, 0.1) is 12.2 Å². The molecular weight excluding hydrogens is 126 g/mol. The van der Waals surface area contributed by atoms with Crippen LogP contribution in [-0.2, 0) is 4.74 Å². The van der Waals surface area contributed by atoms with Crippen LogP contribution in [0.3, 0.4) is 0 Å². The number of nitrogens with zero attached hydrogens (tertiary/aromatic N) is 1. The minimum atomic E-state index is 0.405. The number of hydrogen-bond donors (Lipinski definition) is 0. The summed E-state index contributed by atoms with van der Waals surface area (Å²) in [5.41, 5.74) is 0. The smallest absolute Gasteiger partial charge is 0.0677 e. The van der Waals surface area contributed by atoms with Crippen molar-refractivity contribution in [3.05, 3.63) is 0 Å². The van der Waals surface area contributed by atoms with Crippen LogP contribution in [0.25, 0.3) is 0 Å². The van der Waals surface area contributed by atoms with E-state index in [1.165, 1.54) is 13.0 Å². The summed E-state index contributed by atoms with van der Waals surface area (Å²) in [5, 5.41) is 0. The molecule has 0 amide bonds. The second-order valence-electron chi connectivity index (χ2n) is 3.31. The molecule has 0 N–H and O–H groups in total. The van der Waals surface area contributed by atoms with E-state index in [2.05, 4.69) is 25.8 Å². The Kier molecular flexibility index (Phi) is 2.69. The van der Waals surface area contributed by atoms with Gasteiger partial charge in [-0.3, -0.25) is 0 Å². The SMILES string of the molecule is C[C@@H]1CCN(C)C[C@@H](C)O1. The van der Waals surface area contributed by atoms with Gasteiger partial charge in [0.15, 0.2) is 0 Å². The maximum atomic E-state index is 5.64. The molecule has 0 unspecified atom stereocenters. The molecule has 1 aliphatic rings. The standard InChI is InChI=1S/C8H17NO/c1-7-4-5-9(3)6-8(2)10-7/h7-8H,4-6H2,1-3H3/t7-,8-/m1/s1. The van der Waals surface area contributed by atoms with Crippen LogP contribution in [0.2, 0.25) is 0 Å². The molecule has 0 saturated carbocycles. The lowest BCUT2D eigenvalue weighted by molar-refractivity contribution is 0.0155. The summed E-state index contributed by atoms with van der Waals surface area (Å²) >= 11 is 0. The highest BCUT2D eigenvalue weighted by molar-refractivity contribution is 4.66. The monoisotopic (exact) mass is 143 g/mol. The summed E-state index contributed by atoms with van der Waals surface area (Å²) < 4.78 is 5.64. The molecule has 10 heavy (non-hydrogen) atoms. The molecule has 60 valence electrons. The Labute approximate surface area is 63.2 Å². The van der Waals surface area contributed by atoms with Crippen molar-refractivity contribution in [2.45, 2.75) is 32.5 Å². The zero-order valence-electron chi connectivity index (χ0n) is 7.13. The Morgan fingerprint density at radius 3 is 2.70 bits per heavy atom. The third-order valence-electron chi connectivity index (χ3n) is 1.95. The van der Waals surface area contributed by atoms with Gasteiger partial charge in [-0.25, -0.2) is 0 Å². The Hall–Kier alpha value is -0.0800. The molecule has 2 heteroatoms. The molecule has 0 bridgehead atoms. The van der Waals surface area contributed by atoms with Gasteiger partial charge in [0.25, 0.3) is 0 Å². The third kappa shape index (κ3) is 2.27. The van der Waals surface area contributed by atoms with Gasteiger partial charge in [0.1, 0.15) is 0 Å². The molecule has 1 fully saturated rings. The lowest BCUT2D eigenvalue weighted by Crippen LogP contribution is -2.26. The summed E-state index contributed by atoms with van der Waals surface area (Å²) in [6, 6.07) is 0. The minimum absolute atomic E-state index is 0.405. The van der Waals surface area contributed by atoms with Crippen molar-refractivity contribution >= 4 is 0 Å². The van der Waals surface area contributed by atoms with Crippen molar-refractivity contribution in [1.29, 1.82) is 0 Å². The quantitative estimate of drug-likeness (QED) is 0.504. The highest BCUT2D eigenvalue weighted by atomic mass is 16.5. The molecule has 1 aliphatic heterocycles. The van der Waals surface area contributed by atoms with Gasteiger partial charge >= 0.3 is 0 Å². The van der Waals surface area contributed by atoms with E-state index in [4.69, 9.17) is 4.74 Å². The van der Waals surface area contributed by atoms with Crippen LogP contribution in [0.5, 0.6) is 0 Å². The van der Waals surface area contributed by atoms with E-state index in [1.54, 1.807) is 0 Å². The largest absolute Gasteiger partial charge is 0.374 e. The van der Waals surface area contributed by atoms with Crippen LogP contribution in [-0.4, -0.2) is 37.2 Å².